The van der Waals surface area contributed by atoms with E-state index in [9.17, 15) is 0 Å². The highest BCUT2D eigenvalue weighted by Gasteiger charge is 2.19. The number of para-hydroxylation sites is 2. The Balaban J connectivity index is 1.43. The van der Waals surface area contributed by atoms with E-state index in [2.05, 4.69) is 75.5 Å². The number of benzene rings is 2. The van der Waals surface area contributed by atoms with Gasteiger partial charge in [0.1, 0.15) is 17.1 Å². The summed E-state index contributed by atoms with van der Waals surface area (Å²) in [5.74, 6) is 1.66. The van der Waals surface area contributed by atoms with Crippen molar-refractivity contribution in [1.82, 2.24) is 24.3 Å². The molecule has 0 atom stereocenters. The van der Waals surface area contributed by atoms with Gasteiger partial charge in [-0.15, -0.1) is 0 Å². The van der Waals surface area contributed by atoms with Gasteiger partial charge in [-0.25, -0.2) is 4.98 Å². The van der Waals surface area contributed by atoms with Gasteiger partial charge in [-0.1, -0.05) is 38.1 Å². The normalized spacial score (nSPS) is 13.7. The molecule has 0 amide bonds. The molecule has 182 valence electrons. The lowest BCUT2D eigenvalue weighted by Gasteiger charge is -2.18. The minimum Gasteiger partial charge on any atom is -0.454 e. The molecular formula is C30H26N6O. The molecule has 2 aromatic carbocycles. The molecule has 4 aromatic heterocycles. The lowest BCUT2D eigenvalue weighted by atomic mass is 9.96. The zero-order chi connectivity index (χ0) is 25.1. The van der Waals surface area contributed by atoms with Crippen LogP contribution in [0.1, 0.15) is 25.3 Å². The summed E-state index contributed by atoms with van der Waals surface area (Å²) >= 11 is 0. The second kappa shape index (κ2) is 8.20. The van der Waals surface area contributed by atoms with Crippen molar-refractivity contribution in [3.63, 3.8) is 0 Å². The van der Waals surface area contributed by atoms with Crippen LogP contribution in [-0.4, -0.2) is 38.0 Å². The molecule has 0 spiro atoms. The highest BCUT2D eigenvalue weighted by Crippen LogP contribution is 2.37. The average Bonchev–Trinajstić information content (AvgIpc) is 3.52. The fourth-order valence-electron chi connectivity index (χ4n) is 5.26. The third kappa shape index (κ3) is 3.46. The second-order valence-corrected chi connectivity index (χ2v) is 9.87. The van der Waals surface area contributed by atoms with Crippen molar-refractivity contribution in [1.29, 1.82) is 0 Å². The Labute approximate surface area is 214 Å². The van der Waals surface area contributed by atoms with Crippen LogP contribution in [0.15, 0.2) is 85.6 Å². The molecule has 0 bridgehead atoms. The SMILES string of the molecule is CC(C)c1cccc2c1c1ncc(Oc3cncc(N4C=CN(C)C4)c3)cc1c1nc3ccccc3n21. The third-order valence-corrected chi connectivity index (χ3v) is 6.98. The van der Waals surface area contributed by atoms with Gasteiger partial charge in [0.2, 0.25) is 0 Å². The summed E-state index contributed by atoms with van der Waals surface area (Å²) in [5, 5.41) is 2.12. The number of hydrogen-bond acceptors (Lipinski definition) is 6. The van der Waals surface area contributed by atoms with Gasteiger partial charge in [-0.05, 0) is 35.7 Å². The minimum atomic E-state index is 0.351. The van der Waals surface area contributed by atoms with Crippen LogP contribution < -0.4 is 9.64 Å². The van der Waals surface area contributed by atoms with E-state index in [1.54, 1.807) is 12.4 Å². The van der Waals surface area contributed by atoms with Crippen LogP contribution in [0.3, 0.4) is 0 Å². The van der Waals surface area contributed by atoms with E-state index < -0.39 is 0 Å². The zero-order valence-electron chi connectivity index (χ0n) is 21.0. The van der Waals surface area contributed by atoms with Crippen molar-refractivity contribution in [2.75, 3.05) is 18.6 Å². The van der Waals surface area contributed by atoms with E-state index in [-0.39, 0.29) is 0 Å². The molecule has 0 aliphatic carbocycles. The van der Waals surface area contributed by atoms with Gasteiger partial charge < -0.3 is 14.5 Å². The number of nitrogens with zero attached hydrogens (tertiary/aromatic N) is 6. The molecule has 0 fully saturated rings. The van der Waals surface area contributed by atoms with Gasteiger partial charge in [0.25, 0.3) is 0 Å². The Morgan fingerprint density at radius 2 is 1.73 bits per heavy atom. The third-order valence-electron chi connectivity index (χ3n) is 6.98. The van der Waals surface area contributed by atoms with Gasteiger partial charge >= 0.3 is 0 Å². The summed E-state index contributed by atoms with van der Waals surface area (Å²) < 4.78 is 8.55. The Morgan fingerprint density at radius 1 is 0.892 bits per heavy atom. The van der Waals surface area contributed by atoms with E-state index in [1.807, 2.05) is 37.8 Å². The van der Waals surface area contributed by atoms with Crippen LogP contribution in [0, 0.1) is 0 Å². The molecule has 7 nitrogen and oxygen atoms in total. The first-order valence-electron chi connectivity index (χ1n) is 12.5. The molecule has 0 saturated carbocycles. The molecule has 1 aliphatic rings. The molecule has 0 radical (unpaired) electrons. The molecule has 7 rings (SSSR count). The Bertz CT molecular complexity index is 1850. The minimum absolute atomic E-state index is 0.351. The summed E-state index contributed by atoms with van der Waals surface area (Å²) in [7, 11) is 2.04. The van der Waals surface area contributed by atoms with Crippen LogP contribution in [0.25, 0.3) is 38.5 Å². The topological polar surface area (TPSA) is 58.8 Å². The molecule has 5 heterocycles. The van der Waals surface area contributed by atoms with E-state index in [0.29, 0.717) is 17.4 Å². The number of rotatable bonds is 4. The van der Waals surface area contributed by atoms with Crippen molar-refractivity contribution in [3.05, 3.63) is 91.2 Å². The smallest absolute Gasteiger partial charge is 0.148 e. The van der Waals surface area contributed by atoms with Crippen LogP contribution >= 0.6 is 0 Å². The molecule has 0 saturated heterocycles. The van der Waals surface area contributed by atoms with Crippen LogP contribution in [0.2, 0.25) is 0 Å². The first-order chi connectivity index (χ1) is 18.1. The van der Waals surface area contributed by atoms with Gasteiger partial charge in [0.15, 0.2) is 0 Å². The Morgan fingerprint density at radius 3 is 2.57 bits per heavy atom. The molecule has 1 aliphatic heterocycles. The fourth-order valence-corrected chi connectivity index (χ4v) is 5.26. The summed E-state index contributed by atoms with van der Waals surface area (Å²) in [6, 6.07) is 18.8. The maximum atomic E-state index is 6.30. The maximum absolute atomic E-state index is 6.30. The van der Waals surface area contributed by atoms with Crippen LogP contribution in [-0.2, 0) is 0 Å². The highest BCUT2D eigenvalue weighted by atomic mass is 16.5. The van der Waals surface area contributed by atoms with Crippen molar-refractivity contribution in [3.8, 4) is 11.5 Å². The van der Waals surface area contributed by atoms with Gasteiger partial charge in [0, 0.05) is 36.3 Å². The van der Waals surface area contributed by atoms with Gasteiger partial charge in [0.05, 0.1) is 53.0 Å². The standard InChI is InChI=1S/C30H26N6O/c1-19(2)23-7-6-10-27-28(23)29-24(30-33-25-8-4-5-9-26(25)36(27)30)14-22(17-32-29)37-21-13-20(15-31-16-21)35-12-11-34(3)18-35/h4-17,19H,18H2,1-3H3. The van der Waals surface area contributed by atoms with Crippen molar-refractivity contribution in [2.24, 2.45) is 0 Å². The summed E-state index contributed by atoms with van der Waals surface area (Å²) in [6.07, 6.45) is 9.45. The van der Waals surface area contributed by atoms with E-state index in [0.717, 1.165) is 50.8 Å². The quantitative estimate of drug-likeness (QED) is 0.259. The average molecular weight is 487 g/mol. The number of hydrogen-bond donors (Lipinski definition) is 0. The number of pyridine rings is 3. The van der Waals surface area contributed by atoms with E-state index >= 15 is 0 Å². The number of ether oxygens (including phenoxy) is 1. The van der Waals surface area contributed by atoms with Crippen molar-refractivity contribution < 1.29 is 4.74 Å². The van der Waals surface area contributed by atoms with Crippen molar-refractivity contribution in [2.45, 2.75) is 19.8 Å². The van der Waals surface area contributed by atoms with Gasteiger partial charge in [-0.3, -0.25) is 14.4 Å². The van der Waals surface area contributed by atoms with E-state index in [4.69, 9.17) is 14.7 Å². The van der Waals surface area contributed by atoms with E-state index in [1.165, 1.54) is 5.56 Å². The Kier molecular flexibility index (Phi) is 4.79. The van der Waals surface area contributed by atoms with Crippen molar-refractivity contribution >= 4 is 44.2 Å². The van der Waals surface area contributed by atoms with Crippen LogP contribution in [0.5, 0.6) is 11.5 Å². The summed E-state index contributed by atoms with van der Waals surface area (Å²) in [4.78, 5) is 18.6. The monoisotopic (exact) mass is 486 g/mol. The number of imidazole rings is 1. The molecular weight excluding hydrogens is 460 g/mol. The molecule has 7 heteroatoms. The predicted molar refractivity (Wildman–Crippen MR) is 148 cm³/mol. The second-order valence-electron chi connectivity index (χ2n) is 9.87. The fraction of sp³-hybridized carbons (Fsp3) is 0.167. The highest BCUT2D eigenvalue weighted by molar-refractivity contribution is 6.13. The lowest BCUT2D eigenvalue weighted by Crippen LogP contribution is -2.21. The Hall–Kier alpha value is -4.65. The number of fused-ring (bicyclic) bond motifs is 8. The molecule has 0 N–H and O–H groups in total. The molecule has 6 aromatic rings. The maximum Gasteiger partial charge on any atom is 0.148 e. The number of anilines is 1. The predicted octanol–water partition coefficient (Wildman–Crippen LogP) is 6.68. The first-order valence-corrected chi connectivity index (χ1v) is 12.5. The van der Waals surface area contributed by atoms with Gasteiger partial charge in [-0.2, -0.15) is 0 Å². The zero-order valence-corrected chi connectivity index (χ0v) is 21.0. The summed E-state index contributed by atoms with van der Waals surface area (Å²) in [5.41, 5.74) is 7.20. The summed E-state index contributed by atoms with van der Waals surface area (Å²) in [6.45, 7) is 5.22. The first kappa shape index (κ1) is 21.6. The molecule has 0 unspecified atom stereocenters. The number of aromatic nitrogens is 4. The lowest BCUT2D eigenvalue weighted by molar-refractivity contribution is 0.477. The largest absolute Gasteiger partial charge is 0.454 e. The molecule has 37 heavy (non-hydrogen) atoms. The van der Waals surface area contributed by atoms with Crippen LogP contribution in [0.4, 0.5) is 5.69 Å².